The maximum Gasteiger partial charge on any atom is 0.226 e. The van der Waals surface area contributed by atoms with Crippen LogP contribution in [0.15, 0.2) is 28.7 Å². The largest absolute Gasteiger partial charge is 0.441 e. The molecule has 1 aliphatic heterocycles. The molecule has 1 saturated heterocycles. The van der Waals surface area contributed by atoms with Gasteiger partial charge in [-0.05, 0) is 50.6 Å². The molecule has 5 heteroatoms. The lowest BCUT2D eigenvalue weighted by molar-refractivity contribution is 0.312. The number of oxazole rings is 1. The van der Waals surface area contributed by atoms with Gasteiger partial charge in [0.05, 0.1) is 5.69 Å². The van der Waals surface area contributed by atoms with Crippen molar-refractivity contribution in [3.8, 4) is 11.5 Å². The number of rotatable bonds is 4. The van der Waals surface area contributed by atoms with Crippen molar-refractivity contribution in [1.29, 1.82) is 0 Å². The van der Waals surface area contributed by atoms with Gasteiger partial charge in [-0.25, -0.2) is 4.98 Å². The molecule has 21 heavy (non-hydrogen) atoms. The third-order valence-electron chi connectivity index (χ3n) is 4.04. The number of nitrogens with zero attached hydrogens (tertiary/aromatic N) is 2. The summed E-state index contributed by atoms with van der Waals surface area (Å²) < 4.78 is 5.80. The molecule has 2 heterocycles. The van der Waals surface area contributed by atoms with Crippen LogP contribution < -0.4 is 5.73 Å². The summed E-state index contributed by atoms with van der Waals surface area (Å²) in [6.07, 6.45) is 1.18. The van der Waals surface area contributed by atoms with E-state index in [0.29, 0.717) is 16.8 Å². The second-order valence-electron chi connectivity index (χ2n) is 5.66. The van der Waals surface area contributed by atoms with E-state index in [1.807, 2.05) is 31.2 Å². The van der Waals surface area contributed by atoms with Gasteiger partial charge >= 0.3 is 0 Å². The minimum atomic E-state index is 0.615. The summed E-state index contributed by atoms with van der Waals surface area (Å²) in [7, 11) is 0. The van der Waals surface area contributed by atoms with Gasteiger partial charge in [0.15, 0.2) is 0 Å². The number of benzene rings is 1. The van der Waals surface area contributed by atoms with Gasteiger partial charge in [-0.1, -0.05) is 17.7 Å². The summed E-state index contributed by atoms with van der Waals surface area (Å²) >= 11 is 6.02. The van der Waals surface area contributed by atoms with Crippen LogP contribution in [0.4, 0.5) is 0 Å². The maximum absolute atomic E-state index is 6.02. The quantitative estimate of drug-likeness (QED) is 0.943. The lowest BCUT2D eigenvalue weighted by Crippen LogP contribution is -2.23. The van der Waals surface area contributed by atoms with Crippen LogP contribution in [0.2, 0.25) is 5.02 Å². The van der Waals surface area contributed by atoms with E-state index in [9.17, 15) is 0 Å². The van der Waals surface area contributed by atoms with Crippen LogP contribution in [0.25, 0.3) is 11.5 Å². The summed E-state index contributed by atoms with van der Waals surface area (Å²) in [6, 6.07) is 7.58. The summed E-state index contributed by atoms with van der Waals surface area (Å²) in [5.74, 6) is 2.13. The van der Waals surface area contributed by atoms with Crippen LogP contribution in [-0.4, -0.2) is 29.5 Å². The molecule has 1 aromatic carbocycles. The monoisotopic (exact) mass is 305 g/mol. The third kappa shape index (κ3) is 3.28. The lowest BCUT2D eigenvalue weighted by atomic mass is 10.1. The molecule has 2 N–H and O–H groups in total. The fourth-order valence-corrected chi connectivity index (χ4v) is 2.97. The van der Waals surface area contributed by atoms with Gasteiger partial charge in [-0.2, -0.15) is 0 Å². The third-order valence-corrected chi connectivity index (χ3v) is 4.28. The summed E-state index contributed by atoms with van der Waals surface area (Å²) in [6.45, 7) is 5.69. The standard InChI is InChI=1S/C16H20ClN3O/c1-11-15(10-20-6-5-12(8-18)9-20)19-16(21-11)13-3-2-4-14(17)7-13/h2-4,7,12H,5-6,8-10,18H2,1H3. The molecule has 0 bridgehead atoms. The van der Waals surface area contributed by atoms with Crippen LogP contribution in [-0.2, 0) is 6.54 Å². The Morgan fingerprint density at radius 3 is 3.05 bits per heavy atom. The first-order valence-electron chi connectivity index (χ1n) is 7.30. The Bertz CT molecular complexity index is 626. The zero-order chi connectivity index (χ0) is 14.8. The van der Waals surface area contributed by atoms with Crippen LogP contribution in [0.5, 0.6) is 0 Å². The zero-order valence-corrected chi connectivity index (χ0v) is 12.9. The molecular formula is C16H20ClN3O. The van der Waals surface area contributed by atoms with Crippen molar-refractivity contribution in [2.75, 3.05) is 19.6 Å². The van der Waals surface area contributed by atoms with Crippen molar-refractivity contribution < 1.29 is 4.42 Å². The van der Waals surface area contributed by atoms with Gasteiger partial charge in [0.2, 0.25) is 5.89 Å². The summed E-state index contributed by atoms with van der Waals surface area (Å²) in [5.41, 5.74) is 7.66. The number of hydrogen-bond donors (Lipinski definition) is 1. The van der Waals surface area contributed by atoms with Crippen LogP contribution >= 0.6 is 11.6 Å². The second-order valence-corrected chi connectivity index (χ2v) is 6.09. The molecule has 1 aliphatic rings. The highest BCUT2D eigenvalue weighted by atomic mass is 35.5. The van der Waals surface area contributed by atoms with Crippen molar-refractivity contribution in [2.24, 2.45) is 11.7 Å². The van der Waals surface area contributed by atoms with Crippen molar-refractivity contribution in [1.82, 2.24) is 9.88 Å². The molecule has 1 fully saturated rings. The van der Waals surface area contributed by atoms with Crippen molar-refractivity contribution in [2.45, 2.75) is 19.9 Å². The Morgan fingerprint density at radius 2 is 2.33 bits per heavy atom. The van der Waals surface area contributed by atoms with E-state index in [0.717, 1.165) is 43.2 Å². The van der Waals surface area contributed by atoms with E-state index < -0.39 is 0 Å². The molecule has 1 unspecified atom stereocenters. The Hall–Kier alpha value is -1.36. The van der Waals surface area contributed by atoms with E-state index in [4.69, 9.17) is 21.8 Å². The van der Waals surface area contributed by atoms with Gasteiger partial charge < -0.3 is 10.2 Å². The van der Waals surface area contributed by atoms with Crippen molar-refractivity contribution in [3.63, 3.8) is 0 Å². The van der Waals surface area contributed by atoms with Crippen LogP contribution in [0.1, 0.15) is 17.9 Å². The minimum absolute atomic E-state index is 0.615. The number of nitrogens with two attached hydrogens (primary N) is 1. The van der Waals surface area contributed by atoms with Gasteiger partial charge in [0.25, 0.3) is 0 Å². The van der Waals surface area contributed by atoms with Gasteiger partial charge in [0.1, 0.15) is 5.76 Å². The van der Waals surface area contributed by atoms with Gasteiger partial charge in [-0.3, -0.25) is 4.90 Å². The molecule has 0 spiro atoms. The van der Waals surface area contributed by atoms with E-state index in [1.165, 1.54) is 6.42 Å². The Morgan fingerprint density at radius 1 is 1.48 bits per heavy atom. The van der Waals surface area contributed by atoms with E-state index in [1.54, 1.807) is 0 Å². The molecule has 0 aliphatic carbocycles. The average molecular weight is 306 g/mol. The minimum Gasteiger partial charge on any atom is -0.441 e. The molecule has 1 aromatic heterocycles. The molecule has 0 amide bonds. The number of hydrogen-bond acceptors (Lipinski definition) is 4. The van der Waals surface area contributed by atoms with Crippen molar-refractivity contribution >= 4 is 11.6 Å². The number of halogens is 1. The average Bonchev–Trinajstić information content (AvgIpc) is 3.07. The van der Waals surface area contributed by atoms with Gasteiger partial charge in [-0.15, -0.1) is 0 Å². The molecule has 112 valence electrons. The van der Waals surface area contributed by atoms with Crippen molar-refractivity contribution in [3.05, 3.63) is 40.7 Å². The lowest BCUT2D eigenvalue weighted by Gasteiger charge is -2.13. The number of likely N-dealkylation sites (tertiary alicyclic amines) is 1. The molecular weight excluding hydrogens is 286 g/mol. The van der Waals surface area contributed by atoms with E-state index in [-0.39, 0.29) is 0 Å². The predicted molar refractivity (Wildman–Crippen MR) is 84.1 cm³/mol. The fraction of sp³-hybridized carbons (Fsp3) is 0.438. The molecule has 0 saturated carbocycles. The highest BCUT2D eigenvalue weighted by molar-refractivity contribution is 6.30. The first-order valence-corrected chi connectivity index (χ1v) is 7.68. The smallest absolute Gasteiger partial charge is 0.226 e. The normalized spacial score (nSPS) is 19.3. The van der Waals surface area contributed by atoms with Gasteiger partial charge in [0, 0.05) is 23.7 Å². The Kier molecular flexibility index (Phi) is 4.29. The fourth-order valence-electron chi connectivity index (χ4n) is 2.78. The highest BCUT2D eigenvalue weighted by Gasteiger charge is 2.23. The first kappa shape index (κ1) is 14.6. The molecule has 4 nitrogen and oxygen atoms in total. The first-order chi connectivity index (χ1) is 10.2. The summed E-state index contributed by atoms with van der Waals surface area (Å²) in [5, 5.41) is 0.690. The van der Waals surface area contributed by atoms with Crippen LogP contribution in [0.3, 0.4) is 0 Å². The number of aryl methyl sites for hydroxylation is 1. The predicted octanol–water partition coefficient (Wildman–Crippen LogP) is 3.08. The topological polar surface area (TPSA) is 55.3 Å². The Labute approximate surface area is 129 Å². The molecule has 1 atom stereocenters. The Balaban J connectivity index is 1.76. The molecule has 2 aromatic rings. The highest BCUT2D eigenvalue weighted by Crippen LogP contribution is 2.26. The van der Waals surface area contributed by atoms with E-state index >= 15 is 0 Å². The SMILES string of the molecule is Cc1oc(-c2cccc(Cl)c2)nc1CN1CCC(CN)C1. The van der Waals surface area contributed by atoms with Crippen LogP contribution in [0, 0.1) is 12.8 Å². The molecule has 0 radical (unpaired) electrons. The van der Waals surface area contributed by atoms with E-state index in [2.05, 4.69) is 9.88 Å². The maximum atomic E-state index is 6.02. The summed E-state index contributed by atoms with van der Waals surface area (Å²) in [4.78, 5) is 7.03. The zero-order valence-electron chi connectivity index (χ0n) is 12.2. The second kappa shape index (κ2) is 6.18. The molecule has 3 rings (SSSR count). The number of aromatic nitrogens is 1.